The van der Waals surface area contributed by atoms with Crippen LogP contribution in [0.2, 0.25) is 0 Å². The van der Waals surface area contributed by atoms with Crippen LogP contribution >= 0.6 is 0 Å². The monoisotopic (exact) mass is 273 g/mol. The third kappa shape index (κ3) is 3.00. The molecule has 2 N–H and O–H groups in total. The molecule has 6 heteroatoms. The van der Waals surface area contributed by atoms with Crippen molar-refractivity contribution in [3.05, 3.63) is 23.9 Å². The van der Waals surface area contributed by atoms with Crippen LogP contribution in [0.3, 0.4) is 0 Å². The van der Waals surface area contributed by atoms with Crippen molar-refractivity contribution < 1.29 is 13.2 Å². The fraction of sp³-hybridized carbons (Fsp3) is 0.615. The maximum atomic E-state index is 13.0. The van der Waals surface area contributed by atoms with E-state index in [1.165, 1.54) is 12.3 Å². The van der Waals surface area contributed by atoms with E-state index in [1.807, 2.05) is 0 Å². The lowest BCUT2D eigenvalue weighted by atomic mass is 9.87. The second-order valence-electron chi connectivity index (χ2n) is 5.08. The maximum Gasteiger partial charge on any atom is 0.419 e. The minimum atomic E-state index is -4.37. The molecule has 1 aromatic heterocycles. The molecule has 106 valence electrons. The molecule has 3 nitrogen and oxygen atoms in total. The normalized spacial score (nSPS) is 24.6. The van der Waals surface area contributed by atoms with Crippen LogP contribution < -0.4 is 10.6 Å². The number of alkyl halides is 3. The van der Waals surface area contributed by atoms with Crippen LogP contribution in [0.1, 0.15) is 18.9 Å². The summed E-state index contributed by atoms with van der Waals surface area (Å²) in [5.41, 5.74) is 5.02. The lowest BCUT2D eigenvalue weighted by Crippen LogP contribution is -2.43. The van der Waals surface area contributed by atoms with Gasteiger partial charge in [-0.15, -0.1) is 0 Å². The van der Waals surface area contributed by atoms with Crippen molar-refractivity contribution in [1.29, 1.82) is 0 Å². The zero-order valence-corrected chi connectivity index (χ0v) is 10.8. The van der Waals surface area contributed by atoms with E-state index in [0.29, 0.717) is 25.6 Å². The number of nitrogens with two attached hydrogens (primary N) is 1. The van der Waals surface area contributed by atoms with Crippen LogP contribution in [0.25, 0.3) is 0 Å². The molecule has 19 heavy (non-hydrogen) atoms. The van der Waals surface area contributed by atoms with E-state index in [9.17, 15) is 13.2 Å². The molecule has 0 bridgehead atoms. The molecule has 1 aliphatic heterocycles. The molecule has 1 aliphatic rings. The predicted octanol–water partition coefficient (Wildman–Crippen LogP) is 2.52. The van der Waals surface area contributed by atoms with Crippen LogP contribution in [-0.2, 0) is 6.18 Å². The predicted molar refractivity (Wildman–Crippen MR) is 67.8 cm³/mol. The Labute approximate surface area is 110 Å². The summed E-state index contributed by atoms with van der Waals surface area (Å²) in [6.45, 7) is 3.72. The van der Waals surface area contributed by atoms with E-state index in [4.69, 9.17) is 5.73 Å². The summed E-state index contributed by atoms with van der Waals surface area (Å²) in [5, 5.41) is 0. The Morgan fingerprint density at radius 3 is 2.84 bits per heavy atom. The molecule has 0 aliphatic carbocycles. The Hall–Kier alpha value is -1.30. The standard InChI is InChI=1S/C13H18F3N3/c1-9-4-6-19(8-10(9)7-17)12-11(13(14,15)16)3-2-5-18-12/h2-3,5,9-10H,4,6-8,17H2,1H3. The van der Waals surface area contributed by atoms with Gasteiger partial charge in [-0.3, -0.25) is 0 Å². The van der Waals surface area contributed by atoms with Gasteiger partial charge in [0.2, 0.25) is 0 Å². The Balaban J connectivity index is 2.27. The fourth-order valence-electron chi connectivity index (χ4n) is 2.52. The Morgan fingerprint density at radius 2 is 2.21 bits per heavy atom. The van der Waals surface area contributed by atoms with Crippen molar-refractivity contribution in [2.24, 2.45) is 17.6 Å². The summed E-state index contributed by atoms with van der Waals surface area (Å²) in [6, 6.07) is 2.40. The molecule has 0 saturated carbocycles. The average molecular weight is 273 g/mol. The Kier molecular flexibility index (Phi) is 3.99. The summed E-state index contributed by atoms with van der Waals surface area (Å²) in [4.78, 5) is 5.64. The first-order valence-electron chi connectivity index (χ1n) is 6.40. The van der Waals surface area contributed by atoms with E-state index in [2.05, 4.69) is 11.9 Å². The topological polar surface area (TPSA) is 42.2 Å². The van der Waals surface area contributed by atoms with Crippen molar-refractivity contribution >= 4 is 5.82 Å². The van der Waals surface area contributed by atoms with Crippen LogP contribution in [0.15, 0.2) is 18.3 Å². The number of piperidine rings is 1. The number of nitrogens with zero attached hydrogens (tertiary/aromatic N) is 2. The van der Waals surface area contributed by atoms with E-state index < -0.39 is 11.7 Å². The fourth-order valence-corrected chi connectivity index (χ4v) is 2.52. The van der Waals surface area contributed by atoms with Crippen molar-refractivity contribution in [2.45, 2.75) is 19.5 Å². The third-order valence-corrected chi connectivity index (χ3v) is 3.81. The van der Waals surface area contributed by atoms with Gasteiger partial charge in [0.15, 0.2) is 0 Å². The molecule has 2 heterocycles. The summed E-state index contributed by atoms with van der Waals surface area (Å²) in [5.74, 6) is 0.691. The highest BCUT2D eigenvalue weighted by molar-refractivity contribution is 5.48. The minimum Gasteiger partial charge on any atom is -0.356 e. The summed E-state index contributed by atoms with van der Waals surface area (Å²) in [7, 11) is 0. The van der Waals surface area contributed by atoms with Crippen molar-refractivity contribution in [3.8, 4) is 0 Å². The zero-order chi connectivity index (χ0) is 14.0. The second-order valence-corrected chi connectivity index (χ2v) is 5.08. The number of pyridine rings is 1. The van der Waals surface area contributed by atoms with Gasteiger partial charge in [0.25, 0.3) is 0 Å². The molecule has 2 rings (SSSR count). The number of halogens is 3. The first-order chi connectivity index (χ1) is 8.93. The lowest BCUT2D eigenvalue weighted by Gasteiger charge is -2.38. The summed E-state index contributed by atoms with van der Waals surface area (Å²) >= 11 is 0. The second kappa shape index (κ2) is 5.36. The zero-order valence-electron chi connectivity index (χ0n) is 10.8. The van der Waals surface area contributed by atoms with Gasteiger partial charge in [0.1, 0.15) is 5.82 Å². The first kappa shape index (κ1) is 14.1. The molecule has 0 aromatic carbocycles. The van der Waals surface area contributed by atoms with Crippen LogP contribution in [0.5, 0.6) is 0 Å². The summed E-state index contributed by atoms with van der Waals surface area (Å²) < 4.78 is 38.9. The molecule has 2 unspecified atom stereocenters. The maximum absolute atomic E-state index is 13.0. The molecular weight excluding hydrogens is 255 g/mol. The van der Waals surface area contributed by atoms with Crippen molar-refractivity contribution in [1.82, 2.24) is 4.98 Å². The molecule has 1 aromatic rings. The number of rotatable bonds is 2. The Morgan fingerprint density at radius 1 is 1.47 bits per heavy atom. The van der Waals surface area contributed by atoms with Crippen LogP contribution in [0, 0.1) is 11.8 Å². The highest BCUT2D eigenvalue weighted by Gasteiger charge is 2.37. The smallest absolute Gasteiger partial charge is 0.356 e. The van der Waals surface area contributed by atoms with Gasteiger partial charge in [-0.1, -0.05) is 6.92 Å². The molecule has 1 saturated heterocycles. The number of hydrogen-bond acceptors (Lipinski definition) is 3. The van der Waals surface area contributed by atoms with Gasteiger partial charge in [-0.2, -0.15) is 13.2 Å². The first-order valence-corrected chi connectivity index (χ1v) is 6.40. The largest absolute Gasteiger partial charge is 0.419 e. The molecule has 1 fully saturated rings. The quantitative estimate of drug-likeness (QED) is 0.900. The van der Waals surface area contributed by atoms with E-state index in [0.717, 1.165) is 12.5 Å². The minimum absolute atomic E-state index is 0.0281. The highest BCUT2D eigenvalue weighted by atomic mass is 19.4. The van der Waals surface area contributed by atoms with Crippen LogP contribution in [-0.4, -0.2) is 24.6 Å². The van der Waals surface area contributed by atoms with Crippen molar-refractivity contribution in [2.75, 3.05) is 24.5 Å². The van der Waals surface area contributed by atoms with Gasteiger partial charge in [0, 0.05) is 19.3 Å². The van der Waals surface area contributed by atoms with Gasteiger partial charge < -0.3 is 10.6 Å². The SMILES string of the molecule is CC1CCN(c2ncccc2C(F)(F)F)CC1CN. The van der Waals surface area contributed by atoms with Gasteiger partial charge in [-0.25, -0.2) is 4.98 Å². The van der Waals surface area contributed by atoms with Crippen LogP contribution in [0.4, 0.5) is 19.0 Å². The highest BCUT2D eigenvalue weighted by Crippen LogP contribution is 2.36. The van der Waals surface area contributed by atoms with Crippen molar-refractivity contribution in [3.63, 3.8) is 0 Å². The van der Waals surface area contributed by atoms with Gasteiger partial charge >= 0.3 is 6.18 Å². The molecule has 0 radical (unpaired) electrons. The van der Waals surface area contributed by atoms with E-state index in [1.54, 1.807) is 4.90 Å². The number of anilines is 1. The number of aromatic nitrogens is 1. The van der Waals surface area contributed by atoms with Gasteiger partial charge in [0.05, 0.1) is 5.56 Å². The Bertz CT molecular complexity index is 433. The summed E-state index contributed by atoms with van der Waals surface area (Å²) in [6.07, 6.45) is -2.12. The van der Waals surface area contributed by atoms with Gasteiger partial charge in [-0.05, 0) is 36.9 Å². The molecule has 0 amide bonds. The molecule has 0 spiro atoms. The van der Waals surface area contributed by atoms with E-state index >= 15 is 0 Å². The molecular formula is C13H18F3N3. The molecule has 2 atom stereocenters. The number of hydrogen-bond donors (Lipinski definition) is 1. The average Bonchev–Trinajstić information content (AvgIpc) is 2.38. The lowest BCUT2D eigenvalue weighted by molar-refractivity contribution is -0.137. The third-order valence-electron chi connectivity index (χ3n) is 3.81. The van der Waals surface area contributed by atoms with E-state index in [-0.39, 0.29) is 11.7 Å².